The molecule has 8 nitrogen and oxygen atoms in total. The molecule has 0 aliphatic carbocycles. The summed E-state index contributed by atoms with van der Waals surface area (Å²) in [5.41, 5.74) is 0.208. The summed E-state index contributed by atoms with van der Waals surface area (Å²) in [6.07, 6.45) is -5.41. The predicted octanol–water partition coefficient (Wildman–Crippen LogP) is 4.57. The van der Waals surface area contributed by atoms with Crippen LogP contribution in [0.2, 0.25) is 5.02 Å². The van der Waals surface area contributed by atoms with Gasteiger partial charge in [-0.3, -0.25) is 9.79 Å². The Bertz CT molecular complexity index is 1440. The Morgan fingerprint density at radius 3 is 2.55 bits per heavy atom. The summed E-state index contributed by atoms with van der Waals surface area (Å²) in [6.45, 7) is 6.71. The first-order chi connectivity index (χ1) is 18.6. The number of benzene rings is 2. The molecule has 1 amide bonds. The van der Waals surface area contributed by atoms with Gasteiger partial charge in [0.25, 0.3) is 0 Å². The van der Waals surface area contributed by atoms with Crippen molar-refractivity contribution in [3.63, 3.8) is 0 Å². The molecule has 40 heavy (non-hydrogen) atoms. The molecule has 0 saturated heterocycles. The Morgan fingerprint density at radius 2 is 1.93 bits per heavy atom. The monoisotopic (exact) mass is 595 g/mol. The second-order valence-corrected chi connectivity index (χ2v) is 12.1. The number of nitrogens with one attached hydrogen (secondary N) is 2. The van der Waals surface area contributed by atoms with Gasteiger partial charge in [-0.2, -0.15) is 22.7 Å². The zero-order valence-corrected chi connectivity index (χ0v) is 23.5. The number of alkyl halides is 3. The van der Waals surface area contributed by atoms with Crippen LogP contribution in [-0.2, 0) is 21.4 Å². The Kier molecular flexibility index (Phi) is 9.66. The largest absolute Gasteiger partial charge is 0.390 e. The van der Waals surface area contributed by atoms with Crippen molar-refractivity contribution >= 4 is 33.4 Å². The predicted molar refractivity (Wildman–Crippen MR) is 146 cm³/mol. The molecule has 0 fully saturated rings. The van der Waals surface area contributed by atoms with Crippen molar-refractivity contribution < 1.29 is 26.4 Å². The van der Waals surface area contributed by atoms with Crippen LogP contribution < -0.4 is 10.6 Å². The lowest BCUT2D eigenvalue weighted by atomic mass is 9.96. The highest BCUT2D eigenvalue weighted by Gasteiger charge is 2.41. The highest BCUT2D eigenvalue weighted by Crippen LogP contribution is 2.26. The molecule has 1 atom stereocenters. The van der Waals surface area contributed by atoms with Gasteiger partial charge in [-0.15, -0.1) is 0 Å². The van der Waals surface area contributed by atoms with E-state index < -0.39 is 46.7 Å². The van der Waals surface area contributed by atoms with Crippen LogP contribution >= 0.6 is 11.6 Å². The van der Waals surface area contributed by atoms with Crippen LogP contribution in [0.15, 0.2) is 70.6 Å². The molecular weight excluding hydrogens is 567 g/mol. The molecule has 3 rings (SSSR count). The highest BCUT2D eigenvalue weighted by molar-refractivity contribution is 7.89. The summed E-state index contributed by atoms with van der Waals surface area (Å²) in [7, 11) is -3.96. The van der Waals surface area contributed by atoms with Crippen LogP contribution in [0.1, 0.15) is 37.8 Å². The number of hydrogen-bond donors (Lipinski definition) is 2. The van der Waals surface area contributed by atoms with Crippen molar-refractivity contribution in [2.45, 2.75) is 55.9 Å². The summed E-state index contributed by atoms with van der Waals surface area (Å²) >= 11 is 6.03. The number of hydrogen-bond acceptors (Lipinski definition) is 6. The molecule has 214 valence electrons. The van der Waals surface area contributed by atoms with Crippen molar-refractivity contribution in [3.05, 3.63) is 76.8 Å². The zero-order chi connectivity index (χ0) is 29.7. The van der Waals surface area contributed by atoms with E-state index >= 15 is 0 Å². The quantitative estimate of drug-likeness (QED) is 0.395. The average molecular weight is 596 g/mol. The van der Waals surface area contributed by atoms with Crippen LogP contribution in [0.25, 0.3) is 0 Å². The van der Waals surface area contributed by atoms with Gasteiger partial charge < -0.3 is 10.6 Å². The fourth-order valence-electron chi connectivity index (χ4n) is 4.06. The molecule has 1 aliphatic heterocycles. The van der Waals surface area contributed by atoms with E-state index in [0.717, 1.165) is 0 Å². The van der Waals surface area contributed by atoms with E-state index in [4.69, 9.17) is 11.6 Å². The Balaban J connectivity index is 1.76. The van der Waals surface area contributed by atoms with E-state index in [1.807, 2.05) is 6.07 Å². The molecule has 0 spiro atoms. The minimum atomic E-state index is -4.39. The maximum Gasteiger partial charge on any atom is 0.390 e. The number of amides is 1. The number of halogens is 4. The van der Waals surface area contributed by atoms with E-state index in [2.05, 4.69) is 22.2 Å². The number of aliphatic imine (C=N–C) groups is 1. The lowest BCUT2D eigenvalue weighted by molar-refractivity contribution is -0.136. The average Bonchev–Trinajstić information content (AvgIpc) is 3.22. The third-order valence-electron chi connectivity index (χ3n) is 6.25. The van der Waals surface area contributed by atoms with E-state index in [9.17, 15) is 31.6 Å². The van der Waals surface area contributed by atoms with Crippen molar-refractivity contribution in [2.24, 2.45) is 4.99 Å². The van der Waals surface area contributed by atoms with Gasteiger partial charge >= 0.3 is 6.18 Å². The molecule has 0 unspecified atom stereocenters. The summed E-state index contributed by atoms with van der Waals surface area (Å²) in [5, 5.41) is 14.8. The first kappa shape index (κ1) is 31.1. The van der Waals surface area contributed by atoms with E-state index in [1.54, 1.807) is 38.1 Å². The normalized spacial score (nSPS) is 16.6. The molecule has 0 radical (unpaired) electrons. The van der Waals surface area contributed by atoms with Gasteiger partial charge in [-0.05, 0) is 55.7 Å². The van der Waals surface area contributed by atoms with Crippen LogP contribution in [0.4, 0.5) is 13.2 Å². The fraction of sp³-hybridized carbons (Fsp3) is 0.370. The molecule has 0 saturated carbocycles. The Labute approximate surface area is 236 Å². The number of carbonyl (C=O) groups excluding carboxylic acids is 1. The number of rotatable bonds is 11. The van der Waals surface area contributed by atoms with E-state index in [-0.39, 0.29) is 40.8 Å². The minimum absolute atomic E-state index is 0.00977. The second-order valence-electron chi connectivity index (χ2n) is 9.78. The topological polar surface area (TPSA) is 115 Å². The van der Waals surface area contributed by atoms with Crippen molar-refractivity contribution in [1.82, 2.24) is 14.9 Å². The molecule has 2 aromatic carbocycles. The van der Waals surface area contributed by atoms with Crippen molar-refractivity contribution in [3.8, 4) is 6.07 Å². The summed E-state index contributed by atoms with van der Waals surface area (Å²) < 4.78 is 65.7. The SMILES string of the molecule is C=C(CCN(Cc1ccc(Cl)c(C#N)c1)S(=O)(=O)c1ccccc1)C1=NC(C)(C)[C@H](C(=O)NCCC(F)(F)F)N1. The summed E-state index contributed by atoms with van der Waals surface area (Å²) in [4.78, 5) is 17.2. The van der Waals surface area contributed by atoms with Gasteiger partial charge in [-0.1, -0.05) is 42.4 Å². The molecule has 1 aliphatic rings. The lowest BCUT2D eigenvalue weighted by Gasteiger charge is -2.24. The maximum atomic E-state index is 13.5. The van der Waals surface area contributed by atoms with Gasteiger partial charge in [0.1, 0.15) is 17.9 Å². The molecule has 0 aromatic heterocycles. The molecule has 0 bridgehead atoms. The number of amidine groups is 1. The van der Waals surface area contributed by atoms with Crippen LogP contribution in [-0.4, -0.2) is 55.3 Å². The van der Waals surface area contributed by atoms with E-state index in [1.165, 1.54) is 28.6 Å². The molecule has 2 aromatic rings. The van der Waals surface area contributed by atoms with Crippen LogP contribution in [0.3, 0.4) is 0 Å². The summed E-state index contributed by atoms with van der Waals surface area (Å²) in [5.74, 6) is -0.360. The number of nitrogens with zero attached hydrogens (tertiary/aromatic N) is 3. The third kappa shape index (κ3) is 7.84. The Morgan fingerprint density at radius 1 is 1.25 bits per heavy atom. The van der Waals surface area contributed by atoms with Crippen LogP contribution in [0, 0.1) is 11.3 Å². The molecule has 2 N–H and O–H groups in total. The van der Waals surface area contributed by atoms with Gasteiger partial charge in [-0.25, -0.2) is 8.42 Å². The number of sulfonamides is 1. The highest BCUT2D eigenvalue weighted by atomic mass is 35.5. The smallest absolute Gasteiger partial charge is 0.357 e. The van der Waals surface area contributed by atoms with Gasteiger partial charge in [0, 0.05) is 19.6 Å². The summed E-state index contributed by atoms with van der Waals surface area (Å²) in [6, 6.07) is 13.6. The minimum Gasteiger partial charge on any atom is -0.357 e. The lowest BCUT2D eigenvalue weighted by Crippen LogP contribution is -2.52. The third-order valence-corrected chi connectivity index (χ3v) is 8.44. The van der Waals surface area contributed by atoms with Crippen LogP contribution in [0.5, 0.6) is 0 Å². The first-order valence-electron chi connectivity index (χ1n) is 12.3. The van der Waals surface area contributed by atoms with Gasteiger partial charge in [0.2, 0.25) is 15.9 Å². The Hall–Kier alpha value is -3.40. The van der Waals surface area contributed by atoms with Gasteiger partial charge in [0.15, 0.2) is 0 Å². The second kappa shape index (κ2) is 12.4. The maximum absolute atomic E-state index is 13.5. The zero-order valence-electron chi connectivity index (χ0n) is 21.9. The molecule has 1 heterocycles. The first-order valence-corrected chi connectivity index (χ1v) is 14.1. The van der Waals surface area contributed by atoms with Gasteiger partial charge in [0.05, 0.1) is 27.4 Å². The number of nitriles is 1. The van der Waals surface area contributed by atoms with E-state index in [0.29, 0.717) is 11.1 Å². The standard InChI is InChI=1S/C27H29ClF3N5O3S/c1-18(24-34-23(26(2,3)35-24)25(37)33-13-12-27(29,30)31)11-14-36(40(38,39)21-7-5-4-6-8-21)17-19-9-10-22(28)20(15-19)16-32/h4-10,15,23H,1,11-14,17H2,2-3H3,(H,33,37)(H,34,35)/t23-/m0/s1. The molecular formula is C27H29ClF3N5O3S. The molecule has 13 heteroatoms. The number of carbonyl (C=O) groups is 1. The fourth-order valence-corrected chi connectivity index (χ4v) is 5.67. The van der Waals surface area contributed by atoms with Crippen molar-refractivity contribution in [2.75, 3.05) is 13.1 Å². The van der Waals surface area contributed by atoms with Crippen molar-refractivity contribution in [1.29, 1.82) is 5.26 Å².